The lowest BCUT2D eigenvalue weighted by Gasteiger charge is -2.10. The van der Waals surface area contributed by atoms with Crippen LogP contribution in [0.25, 0.3) is 21.9 Å². The second-order valence-electron chi connectivity index (χ2n) is 6.39. The van der Waals surface area contributed by atoms with Crippen LogP contribution in [0.5, 0.6) is 0 Å². The Morgan fingerprint density at radius 3 is 2.63 bits per heavy atom. The fraction of sp³-hybridized carbons (Fsp3) is 0.0952. The van der Waals surface area contributed by atoms with Crippen molar-refractivity contribution in [1.29, 1.82) is 0 Å². The molecule has 2 aromatic carbocycles. The minimum atomic E-state index is -0.443. The van der Waals surface area contributed by atoms with Crippen molar-refractivity contribution in [3.8, 4) is 0 Å². The average Bonchev–Trinajstić information content (AvgIpc) is 2.60. The van der Waals surface area contributed by atoms with Gasteiger partial charge in [0.05, 0.1) is 11.1 Å². The Morgan fingerprint density at radius 1 is 1.04 bits per heavy atom. The van der Waals surface area contributed by atoms with Gasteiger partial charge in [0.25, 0.3) is 5.91 Å². The fourth-order valence-corrected chi connectivity index (χ4v) is 3.12. The molecule has 0 atom stereocenters. The topological polar surface area (TPSA) is 72.2 Å². The molecule has 0 spiro atoms. The maximum Gasteiger partial charge on any atom is 0.336 e. The van der Waals surface area contributed by atoms with E-state index < -0.39 is 11.4 Å². The van der Waals surface area contributed by atoms with Gasteiger partial charge < -0.3 is 9.73 Å². The molecule has 0 aliphatic carbocycles. The highest BCUT2D eigenvalue weighted by molar-refractivity contribution is 6.12. The summed E-state index contributed by atoms with van der Waals surface area (Å²) in [5, 5.41) is 4.16. The van der Waals surface area contributed by atoms with Crippen LogP contribution in [0.1, 0.15) is 21.6 Å². The number of fused-ring (bicyclic) bond motifs is 2. The Bertz CT molecular complexity index is 1270. The molecule has 0 fully saturated rings. The number of carbonyl (C=O) groups is 1. The largest absolute Gasteiger partial charge is 0.423 e. The van der Waals surface area contributed by atoms with Gasteiger partial charge in [0.1, 0.15) is 11.4 Å². The Labute approximate surface area is 153 Å². The smallest absolute Gasteiger partial charge is 0.336 e. The van der Waals surface area contributed by atoms with Crippen molar-refractivity contribution in [3.05, 3.63) is 81.6 Å². The van der Waals surface area contributed by atoms with E-state index in [1.807, 2.05) is 6.92 Å². The Morgan fingerprint density at radius 2 is 1.81 bits per heavy atom. The SMILES string of the molecule is Cc1cc(C(=O)Nc2ccc3c(C)cc(=O)oc3c2)c2ccc(F)cc2n1. The fourth-order valence-electron chi connectivity index (χ4n) is 3.12. The number of benzene rings is 2. The molecule has 0 bridgehead atoms. The summed E-state index contributed by atoms with van der Waals surface area (Å²) in [5.74, 6) is -0.765. The molecule has 0 radical (unpaired) electrons. The number of pyridine rings is 1. The monoisotopic (exact) mass is 362 g/mol. The van der Waals surface area contributed by atoms with Crippen LogP contribution in [-0.4, -0.2) is 10.9 Å². The van der Waals surface area contributed by atoms with Crippen LogP contribution in [-0.2, 0) is 0 Å². The van der Waals surface area contributed by atoms with E-state index >= 15 is 0 Å². The van der Waals surface area contributed by atoms with Gasteiger partial charge in [-0.15, -0.1) is 0 Å². The van der Waals surface area contributed by atoms with Crippen LogP contribution < -0.4 is 10.9 Å². The van der Waals surface area contributed by atoms with Crippen LogP contribution in [0.2, 0.25) is 0 Å². The number of halogens is 1. The summed E-state index contributed by atoms with van der Waals surface area (Å²) in [6.07, 6.45) is 0. The van der Waals surface area contributed by atoms with Crippen LogP contribution in [0, 0.1) is 19.7 Å². The van der Waals surface area contributed by atoms with Gasteiger partial charge in [-0.1, -0.05) is 0 Å². The zero-order valence-corrected chi connectivity index (χ0v) is 14.7. The molecular weight excluding hydrogens is 347 g/mol. The zero-order chi connectivity index (χ0) is 19.1. The van der Waals surface area contributed by atoms with E-state index in [1.165, 1.54) is 24.3 Å². The van der Waals surface area contributed by atoms with E-state index in [0.717, 1.165) is 10.9 Å². The summed E-state index contributed by atoms with van der Waals surface area (Å²) in [6, 6.07) is 12.3. The van der Waals surface area contributed by atoms with E-state index in [0.29, 0.717) is 33.4 Å². The van der Waals surface area contributed by atoms with Gasteiger partial charge in [0.15, 0.2) is 0 Å². The van der Waals surface area contributed by atoms with Gasteiger partial charge >= 0.3 is 5.63 Å². The van der Waals surface area contributed by atoms with Gasteiger partial charge in [-0.25, -0.2) is 9.18 Å². The highest BCUT2D eigenvalue weighted by Gasteiger charge is 2.14. The third-order valence-corrected chi connectivity index (χ3v) is 4.35. The predicted molar refractivity (Wildman–Crippen MR) is 102 cm³/mol. The molecule has 0 aliphatic rings. The molecule has 1 amide bonds. The first-order valence-electron chi connectivity index (χ1n) is 8.33. The van der Waals surface area contributed by atoms with Crippen molar-refractivity contribution in [2.24, 2.45) is 0 Å². The lowest BCUT2D eigenvalue weighted by atomic mass is 10.1. The zero-order valence-electron chi connectivity index (χ0n) is 14.7. The second-order valence-corrected chi connectivity index (χ2v) is 6.39. The summed E-state index contributed by atoms with van der Waals surface area (Å²) in [5.41, 5.74) is 2.67. The molecule has 2 aromatic heterocycles. The molecule has 0 saturated heterocycles. The Balaban J connectivity index is 1.75. The second kappa shape index (κ2) is 6.32. The number of rotatable bonds is 2. The first-order chi connectivity index (χ1) is 12.9. The molecule has 0 saturated carbocycles. The first-order valence-corrected chi connectivity index (χ1v) is 8.33. The van der Waals surface area contributed by atoms with E-state index in [1.54, 1.807) is 31.2 Å². The highest BCUT2D eigenvalue weighted by Crippen LogP contribution is 2.23. The van der Waals surface area contributed by atoms with Crippen molar-refractivity contribution >= 4 is 33.5 Å². The number of aromatic nitrogens is 1. The molecule has 4 rings (SSSR count). The van der Waals surface area contributed by atoms with Gasteiger partial charge in [0, 0.05) is 40.4 Å². The van der Waals surface area contributed by atoms with Crippen LogP contribution >= 0.6 is 0 Å². The number of anilines is 1. The van der Waals surface area contributed by atoms with Crippen molar-refractivity contribution in [1.82, 2.24) is 4.98 Å². The van der Waals surface area contributed by atoms with Crippen LogP contribution in [0.15, 0.2) is 57.7 Å². The third-order valence-electron chi connectivity index (χ3n) is 4.35. The molecular formula is C21H15FN2O3. The lowest BCUT2D eigenvalue weighted by molar-refractivity contribution is 0.102. The van der Waals surface area contributed by atoms with E-state index in [-0.39, 0.29) is 5.91 Å². The van der Waals surface area contributed by atoms with Gasteiger partial charge in [-0.3, -0.25) is 9.78 Å². The molecule has 1 N–H and O–H groups in total. The third kappa shape index (κ3) is 3.17. The first kappa shape index (κ1) is 16.9. The summed E-state index contributed by atoms with van der Waals surface area (Å²) in [4.78, 5) is 28.7. The van der Waals surface area contributed by atoms with Crippen LogP contribution in [0.4, 0.5) is 10.1 Å². The molecule has 2 heterocycles. The van der Waals surface area contributed by atoms with Gasteiger partial charge in [-0.2, -0.15) is 0 Å². The number of nitrogens with zero attached hydrogens (tertiary/aromatic N) is 1. The maximum atomic E-state index is 13.5. The summed E-state index contributed by atoms with van der Waals surface area (Å²) >= 11 is 0. The van der Waals surface area contributed by atoms with E-state index in [4.69, 9.17) is 4.42 Å². The quantitative estimate of drug-likeness (QED) is 0.538. The predicted octanol–water partition coefficient (Wildman–Crippen LogP) is 4.35. The van der Waals surface area contributed by atoms with Crippen LogP contribution in [0.3, 0.4) is 0 Å². The minimum absolute atomic E-state index is 0.355. The summed E-state index contributed by atoms with van der Waals surface area (Å²) < 4.78 is 18.7. The van der Waals surface area contributed by atoms with Gasteiger partial charge in [-0.05, 0) is 49.7 Å². The Hall–Kier alpha value is -3.54. The number of carbonyl (C=O) groups excluding carboxylic acids is 1. The Kier molecular flexibility index (Phi) is 3.96. The molecule has 6 heteroatoms. The number of hydrogen-bond donors (Lipinski definition) is 1. The lowest BCUT2D eigenvalue weighted by Crippen LogP contribution is -2.13. The normalized spacial score (nSPS) is 11.1. The van der Waals surface area contributed by atoms with E-state index in [2.05, 4.69) is 10.3 Å². The van der Waals surface area contributed by atoms with E-state index in [9.17, 15) is 14.0 Å². The molecule has 5 nitrogen and oxygen atoms in total. The summed E-state index contributed by atoms with van der Waals surface area (Å²) in [6.45, 7) is 3.57. The number of amides is 1. The molecule has 4 aromatic rings. The standard InChI is InChI=1S/C21H15FN2O3/c1-11-7-20(25)27-19-10-14(4-6-15(11)19)24-21(26)17-8-12(2)23-18-9-13(22)3-5-16(17)18/h3-10H,1-2H3,(H,24,26). The molecule has 134 valence electrons. The molecule has 27 heavy (non-hydrogen) atoms. The van der Waals surface area contributed by atoms with Crippen molar-refractivity contribution in [3.63, 3.8) is 0 Å². The highest BCUT2D eigenvalue weighted by atomic mass is 19.1. The van der Waals surface area contributed by atoms with Crippen molar-refractivity contribution in [2.45, 2.75) is 13.8 Å². The van der Waals surface area contributed by atoms with Crippen molar-refractivity contribution < 1.29 is 13.6 Å². The van der Waals surface area contributed by atoms with Gasteiger partial charge in [0.2, 0.25) is 0 Å². The van der Waals surface area contributed by atoms with Crippen molar-refractivity contribution in [2.75, 3.05) is 5.32 Å². The number of hydrogen-bond acceptors (Lipinski definition) is 4. The maximum absolute atomic E-state index is 13.5. The molecule has 0 unspecified atom stereocenters. The average molecular weight is 362 g/mol. The summed E-state index contributed by atoms with van der Waals surface area (Å²) in [7, 11) is 0. The molecule has 0 aliphatic heterocycles. The number of nitrogens with one attached hydrogen (secondary N) is 1. The minimum Gasteiger partial charge on any atom is -0.423 e. The number of aryl methyl sites for hydroxylation is 2.